The van der Waals surface area contributed by atoms with Crippen LogP contribution >= 0.6 is 0 Å². The zero-order chi connectivity index (χ0) is 11.1. The average molecular weight is 207 g/mol. The highest BCUT2D eigenvalue weighted by Crippen LogP contribution is 2.09. The van der Waals surface area contributed by atoms with Gasteiger partial charge < -0.3 is 16.2 Å². The van der Waals surface area contributed by atoms with Gasteiger partial charge in [0.2, 0.25) is 6.21 Å². The molecule has 1 aromatic carbocycles. The Balaban J connectivity index is 2.64. The van der Waals surface area contributed by atoms with Crippen LogP contribution in [0.1, 0.15) is 12.5 Å². The first-order valence-corrected chi connectivity index (χ1v) is 4.62. The van der Waals surface area contributed by atoms with Gasteiger partial charge in [0.1, 0.15) is 5.75 Å². The molecular formula is C10H15N4O+. The van der Waals surface area contributed by atoms with Crippen molar-refractivity contribution in [1.82, 2.24) is 0 Å². The van der Waals surface area contributed by atoms with Gasteiger partial charge in [0.05, 0.1) is 6.61 Å². The number of ether oxygens (including phenoxy) is 1. The topological polar surface area (TPSA) is 87.6 Å². The Hall–Kier alpha value is -2.04. The number of nitrogens with two attached hydrogens (primary N) is 2. The van der Waals surface area contributed by atoms with Crippen LogP contribution in [0.2, 0.25) is 0 Å². The number of hydrogen-bond acceptors (Lipinski definition) is 2. The summed E-state index contributed by atoms with van der Waals surface area (Å²) in [5, 5.41) is 6.24. The second kappa shape index (κ2) is 5.64. The number of rotatable bonds is 4. The summed E-state index contributed by atoms with van der Waals surface area (Å²) in [4.78, 5) is 0. The van der Waals surface area contributed by atoms with Gasteiger partial charge >= 0.3 is 0 Å². The fourth-order valence-corrected chi connectivity index (χ4v) is 1.01. The van der Waals surface area contributed by atoms with Gasteiger partial charge in [-0.2, -0.15) is 0 Å². The minimum atomic E-state index is -0.00261. The molecule has 0 saturated heterocycles. The smallest absolute Gasteiger partial charge is 0.256 e. The lowest BCUT2D eigenvalue weighted by molar-refractivity contribution is -0.456. The van der Waals surface area contributed by atoms with Crippen molar-refractivity contribution in [2.45, 2.75) is 6.92 Å². The van der Waals surface area contributed by atoms with E-state index in [1.807, 2.05) is 31.2 Å². The van der Waals surface area contributed by atoms with Crippen molar-refractivity contribution in [1.29, 1.82) is 0 Å². The molecule has 0 saturated carbocycles. The quantitative estimate of drug-likeness (QED) is 0.328. The Morgan fingerprint density at radius 3 is 2.60 bits per heavy atom. The lowest BCUT2D eigenvalue weighted by Crippen LogP contribution is -2.63. The molecule has 15 heavy (non-hydrogen) atoms. The summed E-state index contributed by atoms with van der Waals surface area (Å²) in [7, 11) is 0. The van der Waals surface area contributed by atoms with E-state index in [0.29, 0.717) is 6.61 Å². The number of hydrazone groups is 1. The molecule has 0 aromatic heterocycles. The molecule has 0 unspecified atom stereocenters. The average Bonchev–Trinajstić information content (AvgIpc) is 2.20. The Morgan fingerprint density at radius 2 is 2.07 bits per heavy atom. The maximum absolute atomic E-state index is 5.30. The van der Waals surface area contributed by atoms with E-state index < -0.39 is 0 Å². The molecule has 1 aromatic rings. The van der Waals surface area contributed by atoms with E-state index in [9.17, 15) is 0 Å². The summed E-state index contributed by atoms with van der Waals surface area (Å²) in [6.45, 7) is 2.61. The van der Waals surface area contributed by atoms with Gasteiger partial charge in [-0.25, -0.2) is 0 Å². The molecule has 0 aliphatic heterocycles. The fourth-order valence-electron chi connectivity index (χ4n) is 1.01. The highest BCUT2D eigenvalue weighted by Gasteiger charge is 1.94. The van der Waals surface area contributed by atoms with E-state index in [1.54, 1.807) is 6.21 Å². The van der Waals surface area contributed by atoms with Crippen LogP contribution < -0.4 is 21.3 Å². The van der Waals surface area contributed by atoms with Gasteiger partial charge in [-0.3, -0.25) is 0 Å². The molecule has 80 valence electrons. The van der Waals surface area contributed by atoms with Crippen molar-refractivity contribution in [2.75, 3.05) is 6.61 Å². The van der Waals surface area contributed by atoms with Crippen LogP contribution in [0.5, 0.6) is 5.75 Å². The lowest BCUT2D eigenvalue weighted by atomic mass is 10.2. The Kier molecular flexibility index (Phi) is 4.15. The molecule has 0 heterocycles. The van der Waals surface area contributed by atoms with Gasteiger partial charge in [-0.15, -0.1) is 5.10 Å². The van der Waals surface area contributed by atoms with Crippen molar-refractivity contribution in [3.8, 4) is 5.75 Å². The Labute approximate surface area is 88.4 Å². The molecule has 0 fully saturated rings. The molecule has 0 bridgehead atoms. The minimum absolute atomic E-state index is 0.00261. The highest BCUT2D eigenvalue weighted by atomic mass is 16.5. The molecule has 5 N–H and O–H groups in total. The van der Waals surface area contributed by atoms with Crippen LogP contribution in [0.15, 0.2) is 29.4 Å². The molecule has 0 aliphatic carbocycles. The third-order valence-corrected chi connectivity index (χ3v) is 1.62. The SMILES string of the molecule is CCOc1ccc(C=[NH+]N=C(N)N)cc1. The summed E-state index contributed by atoms with van der Waals surface area (Å²) in [5.74, 6) is 0.841. The molecule has 0 amide bonds. The van der Waals surface area contributed by atoms with Gasteiger partial charge in [-0.1, -0.05) is 0 Å². The first-order chi connectivity index (χ1) is 7.22. The minimum Gasteiger partial charge on any atom is -0.494 e. The fraction of sp³-hybridized carbons (Fsp3) is 0.200. The van der Waals surface area contributed by atoms with E-state index in [2.05, 4.69) is 10.2 Å². The lowest BCUT2D eigenvalue weighted by Gasteiger charge is -2.00. The van der Waals surface area contributed by atoms with E-state index >= 15 is 0 Å². The molecule has 0 spiro atoms. The van der Waals surface area contributed by atoms with Crippen LogP contribution in [0.4, 0.5) is 0 Å². The van der Waals surface area contributed by atoms with E-state index in [0.717, 1.165) is 11.3 Å². The van der Waals surface area contributed by atoms with Crippen LogP contribution in [0.3, 0.4) is 0 Å². The second-order valence-electron chi connectivity index (χ2n) is 2.81. The third-order valence-electron chi connectivity index (χ3n) is 1.62. The molecule has 5 nitrogen and oxygen atoms in total. The summed E-state index contributed by atoms with van der Waals surface area (Å²) in [6.07, 6.45) is 1.69. The van der Waals surface area contributed by atoms with Crippen molar-refractivity contribution in [2.24, 2.45) is 16.6 Å². The van der Waals surface area contributed by atoms with Crippen LogP contribution in [-0.2, 0) is 0 Å². The van der Waals surface area contributed by atoms with Crippen LogP contribution in [0, 0.1) is 0 Å². The van der Waals surface area contributed by atoms with Crippen LogP contribution in [0.25, 0.3) is 0 Å². The number of hydrogen-bond donors (Lipinski definition) is 3. The Bertz CT molecular complexity index is 352. The first-order valence-electron chi connectivity index (χ1n) is 4.62. The molecule has 0 radical (unpaired) electrons. The van der Waals surface area contributed by atoms with Crippen molar-refractivity contribution < 1.29 is 9.84 Å². The van der Waals surface area contributed by atoms with E-state index in [4.69, 9.17) is 16.2 Å². The zero-order valence-electron chi connectivity index (χ0n) is 8.60. The van der Waals surface area contributed by atoms with Crippen LogP contribution in [-0.4, -0.2) is 18.8 Å². The van der Waals surface area contributed by atoms with Gasteiger partial charge in [-0.05, 0) is 31.2 Å². The predicted molar refractivity (Wildman–Crippen MR) is 59.5 cm³/mol. The maximum atomic E-state index is 5.30. The number of guanidine groups is 1. The summed E-state index contributed by atoms with van der Waals surface area (Å²) in [5.41, 5.74) is 11.3. The molecule has 5 heteroatoms. The third kappa shape index (κ3) is 4.12. The first kappa shape index (κ1) is 11.0. The molecule has 0 aliphatic rings. The highest BCUT2D eigenvalue weighted by molar-refractivity contribution is 5.77. The van der Waals surface area contributed by atoms with Crippen molar-refractivity contribution in [3.05, 3.63) is 29.8 Å². The molecule has 0 atom stereocenters. The summed E-state index contributed by atoms with van der Waals surface area (Å²) in [6, 6.07) is 7.57. The molecular weight excluding hydrogens is 192 g/mol. The monoisotopic (exact) mass is 207 g/mol. The number of benzene rings is 1. The van der Waals surface area contributed by atoms with E-state index in [-0.39, 0.29) is 5.96 Å². The Morgan fingerprint density at radius 1 is 1.40 bits per heavy atom. The molecule has 1 rings (SSSR count). The van der Waals surface area contributed by atoms with Crippen molar-refractivity contribution >= 4 is 12.2 Å². The summed E-state index contributed by atoms with van der Waals surface area (Å²) >= 11 is 0. The van der Waals surface area contributed by atoms with Gasteiger partial charge in [0.15, 0.2) is 0 Å². The second-order valence-corrected chi connectivity index (χ2v) is 2.81. The van der Waals surface area contributed by atoms with Gasteiger partial charge in [0, 0.05) is 10.7 Å². The largest absolute Gasteiger partial charge is 0.494 e. The van der Waals surface area contributed by atoms with Gasteiger partial charge in [0.25, 0.3) is 5.96 Å². The standard InChI is InChI=1S/C10H14N4O/c1-2-15-9-5-3-8(4-6-9)7-13-14-10(11)12/h3-7H,2H2,1H3,(H4,11,12,14)/p+1. The normalized spacial score (nSPS) is 10.2. The number of nitrogens with one attached hydrogen (secondary N) is 1. The summed E-state index contributed by atoms with van der Waals surface area (Å²) < 4.78 is 5.30. The number of nitrogens with zero attached hydrogens (tertiary/aromatic N) is 1. The maximum Gasteiger partial charge on any atom is 0.256 e. The predicted octanol–water partition coefficient (Wildman–Crippen LogP) is -1.23. The zero-order valence-corrected chi connectivity index (χ0v) is 8.60. The van der Waals surface area contributed by atoms with Crippen molar-refractivity contribution in [3.63, 3.8) is 0 Å². The van der Waals surface area contributed by atoms with E-state index in [1.165, 1.54) is 0 Å².